The predicted octanol–water partition coefficient (Wildman–Crippen LogP) is 2.19. The molecule has 0 radical (unpaired) electrons. The molecule has 2 heterocycles. The number of amides is 1. The molecular weight excluding hydrogens is 250 g/mol. The molecular formula is C13H14ClN3O. The van der Waals surface area contributed by atoms with E-state index in [1.54, 1.807) is 17.0 Å². The first-order valence-electron chi connectivity index (χ1n) is 5.99. The Morgan fingerprint density at radius 2 is 2.39 bits per heavy atom. The van der Waals surface area contributed by atoms with E-state index in [2.05, 4.69) is 4.98 Å². The Morgan fingerprint density at radius 1 is 1.56 bits per heavy atom. The van der Waals surface area contributed by atoms with E-state index in [9.17, 15) is 4.79 Å². The highest BCUT2D eigenvalue weighted by Crippen LogP contribution is 2.20. The van der Waals surface area contributed by atoms with E-state index in [4.69, 9.17) is 16.9 Å². The number of hydrogen-bond donors (Lipinski definition) is 0. The van der Waals surface area contributed by atoms with Gasteiger partial charge >= 0.3 is 0 Å². The summed E-state index contributed by atoms with van der Waals surface area (Å²) in [6.07, 6.45) is 4.50. The number of pyridine rings is 1. The highest BCUT2D eigenvalue weighted by molar-refractivity contribution is 6.18. The first kappa shape index (κ1) is 12.8. The van der Waals surface area contributed by atoms with Crippen LogP contribution >= 0.6 is 11.6 Å². The molecule has 1 aliphatic rings. The molecule has 0 bridgehead atoms. The predicted molar refractivity (Wildman–Crippen MR) is 68.3 cm³/mol. The third-order valence-corrected chi connectivity index (χ3v) is 3.53. The summed E-state index contributed by atoms with van der Waals surface area (Å²) in [4.78, 5) is 18.1. The van der Waals surface area contributed by atoms with Gasteiger partial charge in [-0.3, -0.25) is 4.79 Å². The number of aromatic nitrogens is 1. The molecule has 18 heavy (non-hydrogen) atoms. The van der Waals surface area contributed by atoms with Crippen LogP contribution in [-0.4, -0.2) is 34.3 Å². The van der Waals surface area contributed by atoms with E-state index in [1.807, 2.05) is 6.07 Å². The van der Waals surface area contributed by atoms with E-state index in [1.165, 1.54) is 6.20 Å². The van der Waals surface area contributed by atoms with E-state index < -0.39 is 0 Å². The Kier molecular flexibility index (Phi) is 4.16. The van der Waals surface area contributed by atoms with Crippen molar-refractivity contribution in [3.8, 4) is 6.07 Å². The van der Waals surface area contributed by atoms with Gasteiger partial charge in [-0.15, -0.1) is 11.6 Å². The summed E-state index contributed by atoms with van der Waals surface area (Å²) in [5.41, 5.74) is 0.838. The van der Waals surface area contributed by atoms with Crippen molar-refractivity contribution in [3.63, 3.8) is 0 Å². The summed E-state index contributed by atoms with van der Waals surface area (Å²) >= 11 is 5.90. The number of carbonyl (C=O) groups is 1. The Labute approximate surface area is 111 Å². The van der Waals surface area contributed by atoms with Crippen molar-refractivity contribution in [3.05, 3.63) is 29.6 Å². The van der Waals surface area contributed by atoms with Gasteiger partial charge in [0.25, 0.3) is 5.91 Å². The molecule has 1 aromatic heterocycles. The van der Waals surface area contributed by atoms with Gasteiger partial charge in [-0.25, -0.2) is 4.98 Å². The summed E-state index contributed by atoms with van der Waals surface area (Å²) in [5, 5.41) is 8.69. The number of rotatable bonds is 2. The Hall–Kier alpha value is -1.60. The second-order valence-electron chi connectivity index (χ2n) is 4.35. The zero-order valence-electron chi connectivity index (χ0n) is 9.97. The van der Waals surface area contributed by atoms with Crippen LogP contribution in [-0.2, 0) is 0 Å². The van der Waals surface area contributed by atoms with Crippen LogP contribution in [0.3, 0.4) is 0 Å². The normalized spacial score (nSPS) is 19.3. The lowest BCUT2D eigenvalue weighted by Gasteiger charge is -2.34. The number of nitrogens with zero attached hydrogens (tertiary/aromatic N) is 3. The third-order valence-electron chi connectivity index (χ3n) is 3.18. The molecule has 4 nitrogen and oxygen atoms in total. The summed E-state index contributed by atoms with van der Waals surface area (Å²) in [7, 11) is 0. The van der Waals surface area contributed by atoms with E-state index in [-0.39, 0.29) is 11.9 Å². The minimum atomic E-state index is -0.0927. The van der Waals surface area contributed by atoms with E-state index in [0.29, 0.717) is 17.1 Å². The molecule has 1 aromatic rings. The number of alkyl halides is 1. The van der Waals surface area contributed by atoms with Gasteiger partial charge in [0, 0.05) is 24.7 Å². The molecule has 0 N–H and O–H groups in total. The molecule has 0 aromatic carbocycles. The van der Waals surface area contributed by atoms with Gasteiger partial charge in [-0.2, -0.15) is 5.26 Å². The highest BCUT2D eigenvalue weighted by Gasteiger charge is 2.27. The van der Waals surface area contributed by atoms with Crippen molar-refractivity contribution in [2.45, 2.75) is 25.3 Å². The molecule has 0 spiro atoms. The van der Waals surface area contributed by atoms with Gasteiger partial charge in [0.2, 0.25) is 0 Å². The average Bonchev–Trinajstić information content (AvgIpc) is 2.46. The van der Waals surface area contributed by atoms with Crippen molar-refractivity contribution in [2.75, 3.05) is 12.4 Å². The largest absolute Gasteiger partial charge is 0.333 e. The topological polar surface area (TPSA) is 57.0 Å². The van der Waals surface area contributed by atoms with Crippen LogP contribution in [0.25, 0.3) is 0 Å². The summed E-state index contributed by atoms with van der Waals surface area (Å²) in [6, 6.07) is 5.30. The first-order valence-corrected chi connectivity index (χ1v) is 6.53. The molecule has 1 unspecified atom stereocenters. The maximum absolute atomic E-state index is 12.3. The first-order chi connectivity index (χ1) is 8.76. The maximum atomic E-state index is 12.3. The fourth-order valence-electron chi connectivity index (χ4n) is 2.16. The van der Waals surface area contributed by atoms with Crippen molar-refractivity contribution in [2.24, 2.45) is 0 Å². The summed E-state index contributed by atoms with van der Waals surface area (Å²) in [5.74, 6) is 0.368. The smallest absolute Gasteiger partial charge is 0.272 e. The monoisotopic (exact) mass is 263 g/mol. The van der Waals surface area contributed by atoms with Crippen LogP contribution in [0, 0.1) is 11.3 Å². The SMILES string of the molecule is N#Cc1ccc(C(=O)N2CCCCC2CCl)nc1. The average molecular weight is 264 g/mol. The minimum Gasteiger partial charge on any atom is -0.333 e. The van der Waals surface area contributed by atoms with Crippen LogP contribution in [0.5, 0.6) is 0 Å². The number of likely N-dealkylation sites (tertiary alicyclic amines) is 1. The van der Waals surface area contributed by atoms with Crippen molar-refractivity contribution in [1.82, 2.24) is 9.88 Å². The second-order valence-corrected chi connectivity index (χ2v) is 4.65. The van der Waals surface area contributed by atoms with Crippen LogP contribution in [0.2, 0.25) is 0 Å². The van der Waals surface area contributed by atoms with E-state index >= 15 is 0 Å². The van der Waals surface area contributed by atoms with Crippen molar-refractivity contribution >= 4 is 17.5 Å². The molecule has 1 atom stereocenters. The van der Waals surface area contributed by atoms with Gasteiger partial charge in [-0.05, 0) is 31.4 Å². The number of halogens is 1. The quantitative estimate of drug-likeness (QED) is 0.769. The number of piperidine rings is 1. The second kappa shape index (κ2) is 5.83. The van der Waals surface area contributed by atoms with Crippen molar-refractivity contribution in [1.29, 1.82) is 5.26 Å². The summed E-state index contributed by atoms with van der Waals surface area (Å²) in [6.45, 7) is 0.734. The van der Waals surface area contributed by atoms with Crippen molar-refractivity contribution < 1.29 is 4.79 Å². The fourth-order valence-corrected chi connectivity index (χ4v) is 2.48. The Morgan fingerprint density at radius 3 is 3.00 bits per heavy atom. The summed E-state index contributed by atoms with van der Waals surface area (Å²) < 4.78 is 0. The fraction of sp³-hybridized carbons (Fsp3) is 0.462. The highest BCUT2D eigenvalue weighted by atomic mass is 35.5. The van der Waals surface area contributed by atoms with Crippen LogP contribution in [0.4, 0.5) is 0 Å². The molecule has 5 heteroatoms. The molecule has 94 valence electrons. The van der Waals surface area contributed by atoms with Gasteiger partial charge in [-0.1, -0.05) is 0 Å². The van der Waals surface area contributed by atoms with Crippen LogP contribution in [0.15, 0.2) is 18.3 Å². The van der Waals surface area contributed by atoms with Gasteiger partial charge in [0.1, 0.15) is 11.8 Å². The minimum absolute atomic E-state index is 0.0927. The molecule has 0 aliphatic carbocycles. The maximum Gasteiger partial charge on any atom is 0.272 e. The number of carbonyl (C=O) groups excluding carboxylic acids is 1. The molecule has 1 aliphatic heterocycles. The molecule has 0 saturated carbocycles. The lowest BCUT2D eigenvalue weighted by Crippen LogP contribution is -2.45. The van der Waals surface area contributed by atoms with Gasteiger partial charge in [0.15, 0.2) is 0 Å². The Bertz CT molecular complexity index is 466. The zero-order chi connectivity index (χ0) is 13.0. The molecule has 1 amide bonds. The lowest BCUT2D eigenvalue weighted by molar-refractivity contribution is 0.0633. The molecule has 1 saturated heterocycles. The van der Waals surface area contributed by atoms with Gasteiger partial charge < -0.3 is 4.90 Å². The lowest BCUT2D eigenvalue weighted by atomic mass is 10.0. The van der Waals surface area contributed by atoms with Crippen LogP contribution < -0.4 is 0 Å². The standard InChI is InChI=1S/C13H14ClN3O/c14-7-11-3-1-2-6-17(11)13(18)12-5-4-10(8-15)9-16-12/h4-5,9,11H,1-3,6-7H2. The number of hydrogen-bond acceptors (Lipinski definition) is 3. The molecule has 2 rings (SSSR count). The van der Waals surface area contributed by atoms with Gasteiger partial charge in [0.05, 0.1) is 5.56 Å². The molecule has 1 fully saturated rings. The Balaban J connectivity index is 2.16. The van der Waals surface area contributed by atoms with Crippen LogP contribution in [0.1, 0.15) is 35.3 Å². The van der Waals surface area contributed by atoms with E-state index in [0.717, 1.165) is 25.8 Å². The number of nitriles is 1. The zero-order valence-corrected chi connectivity index (χ0v) is 10.7. The third kappa shape index (κ3) is 2.62.